The van der Waals surface area contributed by atoms with Crippen molar-refractivity contribution in [3.05, 3.63) is 0 Å². The van der Waals surface area contributed by atoms with E-state index in [2.05, 4.69) is 22.9 Å². The summed E-state index contributed by atoms with van der Waals surface area (Å²) in [6.45, 7) is 3.22. The fourth-order valence-electron chi connectivity index (χ4n) is 2.82. The van der Waals surface area contributed by atoms with Crippen molar-refractivity contribution in [3.8, 4) is 0 Å². The standard InChI is InChI=1S/C13H23N3O2/c1-9(8-10-4-2-3-7-14-10)15-11-5-6-12(17)16-13(11)18/h9-11,14-15H,2-8H2,1H3,(H,16,17,18). The molecule has 0 spiro atoms. The van der Waals surface area contributed by atoms with Crippen LogP contribution in [0.25, 0.3) is 0 Å². The van der Waals surface area contributed by atoms with E-state index in [1.807, 2.05) is 0 Å². The molecule has 3 atom stereocenters. The van der Waals surface area contributed by atoms with Crippen molar-refractivity contribution >= 4 is 11.8 Å². The highest BCUT2D eigenvalue weighted by atomic mass is 16.2. The second-order valence-corrected chi connectivity index (χ2v) is 5.45. The van der Waals surface area contributed by atoms with Gasteiger partial charge in [0.1, 0.15) is 0 Å². The molecule has 2 fully saturated rings. The van der Waals surface area contributed by atoms with Crippen molar-refractivity contribution in [2.75, 3.05) is 6.54 Å². The number of nitrogens with one attached hydrogen (secondary N) is 3. The van der Waals surface area contributed by atoms with Crippen LogP contribution in [0.1, 0.15) is 45.4 Å². The summed E-state index contributed by atoms with van der Waals surface area (Å²) in [5.74, 6) is -0.325. The van der Waals surface area contributed by atoms with Crippen molar-refractivity contribution in [3.63, 3.8) is 0 Å². The van der Waals surface area contributed by atoms with Crippen molar-refractivity contribution in [1.82, 2.24) is 16.0 Å². The first-order valence-electron chi connectivity index (χ1n) is 6.98. The molecule has 3 N–H and O–H groups in total. The number of amides is 2. The minimum Gasteiger partial charge on any atom is -0.314 e. The largest absolute Gasteiger partial charge is 0.314 e. The van der Waals surface area contributed by atoms with Crippen molar-refractivity contribution in [2.45, 2.75) is 63.6 Å². The van der Waals surface area contributed by atoms with Gasteiger partial charge in [0.15, 0.2) is 0 Å². The Morgan fingerprint density at radius 1 is 1.33 bits per heavy atom. The van der Waals surface area contributed by atoms with Crippen LogP contribution in [-0.2, 0) is 9.59 Å². The molecular weight excluding hydrogens is 230 g/mol. The number of carbonyl (C=O) groups is 2. The number of imide groups is 1. The zero-order valence-electron chi connectivity index (χ0n) is 11.0. The number of hydrogen-bond donors (Lipinski definition) is 3. The minimum atomic E-state index is -0.207. The number of rotatable bonds is 4. The maximum absolute atomic E-state index is 11.6. The first kappa shape index (κ1) is 13.5. The predicted molar refractivity (Wildman–Crippen MR) is 69.0 cm³/mol. The van der Waals surface area contributed by atoms with E-state index in [1.54, 1.807) is 0 Å². The Bertz CT molecular complexity index is 313. The van der Waals surface area contributed by atoms with Crippen LogP contribution in [0.15, 0.2) is 0 Å². The van der Waals surface area contributed by atoms with Gasteiger partial charge in [0.25, 0.3) is 0 Å². The molecule has 3 unspecified atom stereocenters. The van der Waals surface area contributed by atoms with E-state index < -0.39 is 0 Å². The Labute approximate surface area is 108 Å². The quantitative estimate of drug-likeness (QED) is 0.630. The molecule has 2 saturated heterocycles. The third-order valence-corrected chi connectivity index (χ3v) is 3.78. The molecule has 0 saturated carbocycles. The first-order chi connectivity index (χ1) is 8.65. The molecule has 0 bridgehead atoms. The Morgan fingerprint density at radius 3 is 2.83 bits per heavy atom. The van der Waals surface area contributed by atoms with Gasteiger partial charge >= 0.3 is 0 Å². The zero-order valence-corrected chi connectivity index (χ0v) is 11.0. The Morgan fingerprint density at radius 2 is 2.17 bits per heavy atom. The van der Waals surface area contributed by atoms with Gasteiger partial charge in [-0.15, -0.1) is 0 Å². The molecule has 0 aromatic carbocycles. The fraction of sp³-hybridized carbons (Fsp3) is 0.846. The smallest absolute Gasteiger partial charge is 0.243 e. The Hall–Kier alpha value is -0.940. The van der Waals surface area contributed by atoms with Crippen molar-refractivity contribution < 1.29 is 9.59 Å². The summed E-state index contributed by atoms with van der Waals surface area (Å²) in [6.07, 6.45) is 5.89. The van der Waals surface area contributed by atoms with Crippen LogP contribution >= 0.6 is 0 Å². The van der Waals surface area contributed by atoms with E-state index in [-0.39, 0.29) is 17.9 Å². The molecule has 18 heavy (non-hydrogen) atoms. The van der Waals surface area contributed by atoms with Gasteiger partial charge < -0.3 is 10.6 Å². The van der Waals surface area contributed by atoms with Crippen LogP contribution in [0, 0.1) is 0 Å². The van der Waals surface area contributed by atoms with Gasteiger partial charge in [-0.05, 0) is 39.2 Å². The predicted octanol–water partition coefficient (Wildman–Crippen LogP) is 0.302. The topological polar surface area (TPSA) is 70.2 Å². The molecule has 0 aromatic rings. The fourth-order valence-corrected chi connectivity index (χ4v) is 2.82. The molecule has 0 aromatic heterocycles. The van der Waals surface area contributed by atoms with Gasteiger partial charge in [0, 0.05) is 18.5 Å². The van der Waals surface area contributed by atoms with E-state index in [0.717, 1.165) is 13.0 Å². The first-order valence-corrected chi connectivity index (χ1v) is 6.98. The summed E-state index contributed by atoms with van der Waals surface area (Å²) in [6, 6.07) is 0.653. The van der Waals surface area contributed by atoms with E-state index in [4.69, 9.17) is 0 Å². The lowest BCUT2D eigenvalue weighted by atomic mass is 9.97. The second kappa shape index (κ2) is 6.29. The Balaban J connectivity index is 1.74. The van der Waals surface area contributed by atoms with Gasteiger partial charge in [-0.3, -0.25) is 14.9 Å². The normalized spacial score (nSPS) is 30.9. The highest BCUT2D eigenvalue weighted by molar-refractivity contribution is 6.00. The lowest BCUT2D eigenvalue weighted by molar-refractivity contribution is -0.134. The van der Waals surface area contributed by atoms with Gasteiger partial charge in [0.05, 0.1) is 6.04 Å². The average Bonchev–Trinajstić information content (AvgIpc) is 2.34. The monoisotopic (exact) mass is 253 g/mol. The summed E-state index contributed by atoms with van der Waals surface area (Å²) in [4.78, 5) is 22.7. The van der Waals surface area contributed by atoms with Gasteiger partial charge in [-0.2, -0.15) is 0 Å². The highest BCUT2D eigenvalue weighted by Crippen LogP contribution is 2.13. The molecule has 2 heterocycles. The number of hydrogen-bond acceptors (Lipinski definition) is 4. The molecule has 5 nitrogen and oxygen atoms in total. The lowest BCUT2D eigenvalue weighted by Crippen LogP contribution is -2.53. The number of piperidine rings is 2. The molecule has 0 aliphatic carbocycles. The number of carbonyl (C=O) groups excluding carboxylic acids is 2. The summed E-state index contributed by atoms with van der Waals surface area (Å²) < 4.78 is 0. The van der Waals surface area contributed by atoms with Crippen molar-refractivity contribution in [2.24, 2.45) is 0 Å². The molecule has 2 amide bonds. The van der Waals surface area contributed by atoms with Crippen LogP contribution < -0.4 is 16.0 Å². The second-order valence-electron chi connectivity index (χ2n) is 5.45. The molecule has 0 radical (unpaired) electrons. The SMILES string of the molecule is CC(CC1CCCCN1)NC1CCC(=O)NC1=O. The summed E-state index contributed by atoms with van der Waals surface area (Å²) in [5.41, 5.74) is 0. The summed E-state index contributed by atoms with van der Waals surface area (Å²) >= 11 is 0. The van der Waals surface area contributed by atoms with Gasteiger partial charge in [-0.25, -0.2) is 0 Å². The van der Waals surface area contributed by atoms with Gasteiger partial charge in [0.2, 0.25) is 11.8 Å². The molecule has 102 valence electrons. The Kier molecular flexibility index (Phi) is 4.72. The zero-order chi connectivity index (χ0) is 13.0. The van der Waals surface area contributed by atoms with E-state index in [1.165, 1.54) is 19.3 Å². The van der Waals surface area contributed by atoms with E-state index >= 15 is 0 Å². The maximum atomic E-state index is 11.6. The summed E-state index contributed by atoms with van der Waals surface area (Å²) in [7, 11) is 0. The highest BCUT2D eigenvalue weighted by Gasteiger charge is 2.28. The van der Waals surface area contributed by atoms with Crippen LogP contribution in [0.2, 0.25) is 0 Å². The van der Waals surface area contributed by atoms with Crippen LogP contribution in [-0.4, -0.2) is 36.5 Å². The molecule has 2 aliphatic rings. The van der Waals surface area contributed by atoms with Crippen LogP contribution in [0.4, 0.5) is 0 Å². The molecule has 2 rings (SSSR count). The molecule has 5 heteroatoms. The van der Waals surface area contributed by atoms with E-state index in [0.29, 0.717) is 24.9 Å². The van der Waals surface area contributed by atoms with Crippen LogP contribution in [0.5, 0.6) is 0 Å². The van der Waals surface area contributed by atoms with E-state index in [9.17, 15) is 9.59 Å². The minimum absolute atomic E-state index is 0.153. The average molecular weight is 253 g/mol. The van der Waals surface area contributed by atoms with Crippen LogP contribution in [0.3, 0.4) is 0 Å². The van der Waals surface area contributed by atoms with Crippen molar-refractivity contribution in [1.29, 1.82) is 0 Å². The van der Waals surface area contributed by atoms with Gasteiger partial charge in [-0.1, -0.05) is 6.42 Å². The summed E-state index contributed by atoms with van der Waals surface area (Å²) in [5, 5.41) is 9.23. The lowest BCUT2D eigenvalue weighted by Gasteiger charge is -2.30. The third kappa shape index (κ3) is 3.78. The molecular formula is C13H23N3O2. The third-order valence-electron chi connectivity index (χ3n) is 3.78. The molecule has 2 aliphatic heterocycles. The maximum Gasteiger partial charge on any atom is 0.243 e.